The Labute approximate surface area is 107 Å². The van der Waals surface area contributed by atoms with Crippen molar-refractivity contribution in [3.63, 3.8) is 0 Å². The van der Waals surface area contributed by atoms with E-state index in [1.54, 1.807) is 11.3 Å². The average Bonchev–Trinajstić information content (AvgIpc) is 2.89. The Kier molecular flexibility index (Phi) is 4.54. The molecule has 88 valence electrons. The summed E-state index contributed by atoms with van der Waals surface area (Å²) in [5.41, 5.74) is 1.32. The summed E-state index contributed by atoms with van der Waals surface area (Å²) < 4.78 is 0. The van der Waals surface area contributed by atoms with E-state index in [0.29, 0.717) is 6.04 Å². The minimum absolute atomic E-state index is 0.382. The van der Waals surface area contributed by atoms with Gasteiger partial charge in [0.25, 0.3) is 0 Å². The van der Waals surface area contributed by atoms with E-state index in [0.717, 1.165) is 13.0 Å². The van der Waals surface area contributed by atoms with Crippen molar-refractivity contribution in [1.29, 1.82) is 0 Å². The first-order chi connectivity index (χ1) is 8.40. The zero-order chi connectivity index (χ0) is 11.9. The van der Waals surface area contributed by atoms with Crippen molar-refractivity contribution < 1.29 is 0 Å². The van der Waals surface area contributed by atoms with Crippen LogP contribution in [0, 0.1) is 0 Å². The molecular formula is C15H17NS. The smallest absolute Gasteiger partial charge is 0.0452 e. The van der Waals surface area contributed by atoms with Gasteiger partial charge in [0.05, 0.1) is 0 Å². The van der Waals surface area contributed by atoms with E-state index in [1.807, 2.05) is 12.1 Å². The first-order valence-electron chi connectivity index (χ1n) is 5.82. The van der Waals surface area contributed by atoms with E-state index in [-0.39, 0.29) is 0 Å². The molecule has 0 saturated heterocycles. The minimum atomic E-state index is 0.382. The van der Waals surface area contributed by atoms with E-state index in [1.165, 1.54) is 10.4 Å². The lowest BCUT2D eigenvalue weighted by molar-refractivity contribution is 0.547. The van der Waals surface area contributed by atoms with E-state index >= 15 is 0 Å². The molecule has 1 aromatic carbocycles. The molecule has 0 saturated carbocycles. The van der Waals surface area contributed by atoms with Gasteiger partial charge in [-0.2, -0.15) is 0 Å². The first-order valence-corrected chi connectivity index (χ1v) is 6.69. The summed E-state index contributed by atoms with van der Waals surface area (Å²) in [7, 11) is 0. The van der Waals surface area contributed by atoms with Gasteiger partial charge in [-0.1, -0.05) is 42.5 Å². The molecule has 0 fully saturated rings. The first kappa shape index (κ1) is 12.1. The number of nitrogens with one attached hydrogen (secondary N) is 1. The van der Waals surface area contributed by atoms with Crippen LogP contribution < -0.4 is 5.32 Å². The van der Waals surface area contributed by atoms with Gasteiger partial charge in [0.2, 0.25) is 0 Å². The number of benzene rings is 1. The molecule has 0 aliphatic carbocycles. The van der Waals surface area contributed by atoms with Crippen LogP contribution in [0.5, 0.6) is 0 Å². The van der Waals surface area contributed by atoms with Gasteiger partial charge in [-0.05, 0) is 23.4 Å². The standard InChI is InChI=1S/C15H17NS/c1-2-7-14(15-10-6-11-17-15)16-12-13-8-4-3-5-9-13/h2-6,8-11,14,16H,1,7,12H2/t14-/m0/s1. The molecule has 1 nitrogen and oxygen atoms in total. The van der Waals surface area contributed by atoms with E-state index in [9.17, 15) is 0 Å². The summed E-state index contributed by atoms with van der Waals surface area (Å²) in [4.78, 5) is 1.38. The second-order valence-electron chi connectivity index (χ2n) is 3.96. The van der Waals surface area contributed by atoms with Crippen LogP contribution in [-0.4, -0.2) is 0 Å². The maximum absolute atomic E-state index is 3.83. The average molecular weight is 243 g/mol. The third kappa shape index (κ3) is 3.55. The van der Waals surface area contributed by atoms with Crippen LogP contribution in [0.1, 0.15) is 22.9 Å². The van der Waals surface area contributed by atoms with Gasteiger partial charge in [-0.25, -0.2) is 0 Å². The van der Waals surface area contributed by atoms with Gasteiger partial charge in [-0.3, -0.25) is 0 Å². The van der Waals surface area contributed by atoms with Crippen LogP contribution in [0.15, 0.2) is 60.5 Å². The second kappa shape index (κ2) is 6.38. The van der Waals surface area contributed by atoms with Crippen LogP contribution in [0.4, 0.5) is 0 Å². The van der Waals surface area contributed by atoms with Crippen molar-refractivity contribution in [2.24, 2.45) is 0 Å². The van der Waals surface area contributed by atoms with E-state index in [2.05, 4.69) is 53.7 Å². The molecule has 0 aliphatic rings. The highest BCUT2D eigenvalue weighted by Crippen LogP contribution is 2.22. The van der Waals surface area contributed by atoms with Crippen molar-refractivity contribution in [3.05, 3.63) is 70.9 Å². The SMILES string of the molecule is C=CC[C@H](NCc1ccccc1)c1cccs1. The normalized spacial score (nSPS) is 12.2. The Balaban J connectivity index is 1.97. The summed E-state index contributed by atoms with van der Waals surface area (Å²) >= 11 is 1.80. The molecule has 0 aliphatic heterocycles. The van der Waals surface area contributed by atoms with Crippen LogP contribution in [0.2, 0.25) is 0 Å². The summed E-state index contributed by atoms with van der Waals surface area (Å²) in [6.45, 7) is 4.73. The van der Waals surface area contributed by atoms with Crippen LogP contribution in [-0.2, 0) is 6.54 Å². The van der Waals surface area contributed by atoms with Gasteiger partial charge in [-0.15, -0.1) is 17.9 Å². The van der Waals surface area contributed by atoms with Gasteiger partial charge < -0.3 is 5.32 Å². The quantitative estimate of drug-likeness (QED) is 0.751. The molecule has 2 heteroatoms. The predicted molar refractivity (Wildman–Crippen MR) is 75.2 cm³/mol. The number of rotatable bonds is 6. The lowest BCUT2D eigenvalue weighted by atomic mass is 10.1. The molecule has 2 aromatic rings. The van der Waals surface area contributed by atoms with Gasteiger partial charge >= 0.3 is 0 Å². The number of hydrogen-bond acceptors (Lipinski definition) is 2. The zero-order valence-corrected chi connectivity index (χ0v) is 10.6. The van der Waals surface area contributed by atoms with Crippen molar-refractivity contribution in [2.75, 3.05) is 0 Å². The highest BCUT2D eigenvalue weighted by atomic mass is 32.1. The Morgan fingerprint density at radius 2 is 2.00 bits per heavy atom. The van der Waals surface area contributed by atoms with E-state index in [4.69, 9.17) is 0 Å². The van der Waals surface area contributed by atoms with Gasteiger partial charge in [0.1, 0.15) is 0 Å². The Hall–Kier alpha value is -1.38. The predicted octanol–water partition coefficient (Wildman–Crippen LogP) is 4.16. The summed E-state index contributed by atoms with van der Waals surface area (Å²) in [5.74, 6) is 0. The fourth-order valence-corrected chi connectivity index (χ4v) is 2.61. The Morgan fingerprint density at radius 1 is 1.18 bits per heavy atom. The lowest BCUT2D eigenvalue weighted by Gasteiger charge is -2.15. The minimum Gasteiger partial charge on any atom is -0.305 e. The summed E-state index contributed by atoms with van der Waals surface area (Å²) in [6.07, 6.45) is 2.94. The topological polar surface area (TPSA) is 12.0 Å². The van der Waals surface area contributed by atoms with Gasteiger partial charge in [0, 0.05) is 17.5 Å². The molecule has 1 N–H and O–H groups in total. The lowest BCUT2D eigenvalue weighted by Crippen LogP contribution is -2.19. The fourth-order valence-electron chi connectivity index (χ4n) is 1.79. The number of thiophene rings is 1. The Bertz CT molecular complexity index is 433. The fraction of sp³-hybridized carbons (Fsp3) is 0.200. The molecule has 0 radical (unpaired) electrons. The zero-order valence-electron chi connectivity index (χ0n) is 9.80. The molecule has 0 amide bonds. The largest absolute Gasteiger partial charge is 0.305 e. The van der Waals surface area contributed by atoms with Crippen LogP contribution in [0.25, 0.3) is 0 Å². The molecule has 0 unspecified atom stereocenters. The molecule has 2 rings (SSSR count). The van der Waals surface area contributed by atoms with Gasteiger partial charge in [0.15, 0.2) is 0 Å². The molecule has 1 aromatic heterocycles. The summed E-state index contributed by atoms with van der Waals surface area (Å²) in [5, 5.41) is 5.70. The van der Waals surface area contributed by atoms with Crippen LogP contribution in [0.3, 0.4) is 0 Å². The molecule has 1 atom stereocenters. The van der Waals surface area contributed by atoms with Crippen molar-refractivity contribution in [2.45, 2.75) is 19.0 Å². The number of hydrogen-bond donors (Lipinski definition) is 1. The van der Waals surface area contributed by atoms with E-state index < -0.39 is 0 Å². The second-order valence-corrected chi connectivity index (χ2v) is 4.94. The maximum atomic E-state index is 3.83. The molecular weight excluding hydrogens is 226 g/mol. The third-order valence-corrected chi connectivity index (χ3v) is 3.67. The summed E-state index contributed by atoms with van der Waals surface area (Å²) in [6, 6.07) is 15.1. The Morgan fingerprint density at radius 3 is 2.65 bits per heavy atom. The van der Waals surface area contributed by atoms with Crippen molar-refractivity contribution >= 4 is 11.3 Å². The highest BCUT2D eigenvalue weighted by Gasteiger charge is 2.09. The third-order valence-electron chi connectivity index (χ3n) is 2.68. The maximum Gasteiger partial charge on any atom is 0.0452 e. The molecule has 17 heavy (non-hydrogen) atoms. The highest BCUT2D eigenvalue weighted by molar-refractivity contribution is 7.10. The molecule has 0 bridgehead atoms. The van der Waals surface area contributed by atoms with Crippen molar-refractivity contribution in [3.8, 4) is 0 Å². The molecule has 0 spiro atoms. The van der Waals surface area contributed by atoms with Crippen LogP contribution >= 0.6 is 11.3 Å². The molecule has 1 heterocycles. The monoisotopic (exact) mass is 243 g/mol. The van der Waals surface area contributed by atoms with Crippen molar-refractivity contribution in [1.82, 2.24) is 5.32 Å².